The summed E-state index contributed by atoms with van der Waals surface area (Å²) >= 11 is 0. The Hall–Kier alpha value is -4.27. The summed E-state index contributed by atoms with van der Waals surface area (Å²) in [7, 11) is 3.07. The van der Waals surface area contributed by atoms with Gasteiger partial charge in [0.15, 0.2) is 12.4 Å². The van der Waals surface area contributed by atoms with Crippen LogP contribution < -0.4 is 25.0 Å². The predicted molar refractivity (Wildman–Crippen MR) is 130 cm³/mol. The van der Waals surface area contributed by atoms with Crippen molar-refractivity contribution < 1.29 is 28.2 Å². The molecular weight excluding hydrogens is 450 g/mol. The van der Waals surface area contributed by atoms with Crippen molar-refractivity contribution in [2.75, 3.05) is 26.1 Å². The molecule has 35 heavy (non-hydrogen) atoms. The number of hydrazone groups is 1. The first-order valence-corrected chi connectivity index (χ1v) is 11.2. The molecule has 1 aliphatic carbocycles. The van der Waals surface area contributed by atoms with Gasteiger partial charge in [0, 0.05) is 23.6 Å². The van der Waals surface area contributed by atoms with Crippen LogP contribution in [0, 0.1) is 6.92 Å². The van der Waals surface area contributed by atoms with Gasteiger partial charge < -0.3 is 23.9 Å². The lowest BCUT2D eigenvalue weighted by Crippen LogP contribution is -2.27. The maximum Gasteiger partial charge on any atom is 0.291 e. The van der Waals surface area contributed by atoms with E-state index < -0.39 is 5.91 Å². The Morgan fingerprint density at radius 1 is 1.03 bits per heavy atom. The van der Waals surface area contributed by atoms with E-state index in [0.717, 1.165) is 12.0 Å². The average Bonchev–Trinajstić information content (AvgIpc) is 3.24. The molecule has 182 valence electrons. The van der Waals surface area contributed by atoms with Crippen LogP contribution in [0.5, 0.6) is 17.2 Å². The second kappa shape index (κ2) is 10.8. The molecular formula is C26H27N3O6. The maximum atomic E-state index is 13.1. The summed E-state index contributed by atoms with van der Waals surface area (Å²) in [5.41, 5.74) is 5.13. The predicted octanol–water partition coefficient (Wildman–Crippen LogP) is 4.09. The third-order valence-electron chi connectivity index (χ3n) is 5.62. The van der Waals surface area contributed by atoms with Crippen molar-refractivity contribution in [1.82, 2.24) is 5.43 Å². The van der Waals surface area contributed by atoms with Gasteiger partial charge in [-0.3, -0.25) is 9.59 Å². The molecule has 0 spiro atoms. The Kier molecular flexibility index (Phi) is 7.35. The minimum atomic E-state index is -0.403. The SMILES string of the molecule is COc1ccc(NC(=O)c2oc3c(c2C)/C(=N/NC(=O)COc2ccccc2)CCC3)c(OC)c1. The van der Waals surface area contributed by atoms with Crippen LogP contribution in [0.15, 0.2) is 58.0 Å². The normalized spacial score (nSPS) is 13.6. The zero-order valence-electron chi connectivity index (χ0n) is 19.8. The average molecular weight is 478 g/mol. The van der Waals surface area contributed by atoms with Crippen LogP contribution in [0.4, 0.5) is 5.69 Å². The standard InChI is InChI=1S/C26H27N3O6/c1-16-24-20(28-29-23(30)15-34-17-8-5-4-6-9-17)10-7-11-21(24)35-25(16)26(31)27-19-13-12-18(32-2)14-22(19)33-3/h4-6,8-9,12-14H,7,10-11,15H2,1-3H3,(H,27,31)(H,29,30)/b28-20+. The van der Waals surface area contributed by atoms with E-state index in [4.69, 9.17) is 18.6 Å². The minimum absolute atomic E-state index is 0.157. The second-order valence-electron chi connectivity index (χ2n) is 7.92. The van der Waals surface area contributed by atoms with Crippen molar-refractivity contribution in [3.8, 4) is 17.2 Å². The van der Waals surface area contributed by atoms with Gasteiger partial charge in [-0.1, -0.05) is 18.2 Å². The monoisotopic (exact) mass is 477 g/mol. The van der Waals surface area contributed by atoms with Crippen LogP contribution in [0.3, 0.4) is 0 Å². The molecule has 4 rings (SSSR count). The summed E-state index contributed by atoms with van der Waals surface area (Å²) in [6, 6.07) is 14.2. The van der Waals surface area contributed by atoms with Crippen LogP contribution >= 0.6 is 0 Å². The summed E-state index contributed by atoms with van der Waals surface area (Å²) in [6.45, 7) is 1.65. The Morgan fingerprint density at radius 3 is 2.57 bits per heavy atom. The number of rotatable bonds is 8. The summed E-state index contributed by atoms with van der Waals surface area (Å²) in [5.74, 6) is 1.77. The molecule has 0 fully saturated rings. The first-order chi connectivity index (χ1) is 17.0. The van der Waals surface area contributed by atoms with Crippen LogP contribution in [-0.2, 0) is 11.2 Å². The summed E-state index contributed by atoms with van der Waals surface area (Å²) in [6.07, 6.45) is 2.13. The van der Waals surface area contributed by atoms with Gasteiger partial charge in [0.2, 0.25) is 0 Å². The second-order valence-corrected chi connectivity index (χ2v) is 7.92. The van der Waals surface area contributed by atoms with E-state index in [9.17, 15) is 9.59 Å². The number of methoxy groups -OCH3 is 2. The molecule has 1 heterocycles. The fourth-order valence-corrected chi connectivity index (χ4v) is 3.91. The van der Waals surface area contributed by atoms with Crippen molar-refractivity contribution in [3.05, 3.63) is 71.2 Å². The molecule has 1 aliphatic rings. The number of hydrogen-bond acceptors (Lipinski definition) is 7. The largest absolute Gasteiger partial charge is 0.497 e. The van der Waals surface area contributed by atoms with Crippen molar-refractivity contribution in [3.63, 3.8) is 0 Å². The van der Waals surface area contributed by atoms with Gasteiger partial charge in [-0.05, 0) is 44.0 Å². The Bertz CT molecular complexity index is 1250. The number of carbonyl (C=O) groups is 2. The van der Waals surface area contributed by atoms with Gasteiger partial charge >= 0.3 is 0 Å². The first-order valence-electron chi connectivity index (χ1n) is 11.2. The van der Waals surface area contributed by atoms with Crippen molar-refractivity contribution >= 4 is 23.2 Å². The number of para-hydroxylation sites is 1. The number of furan rings is 1. The molecule has 2 aromatic carbocycles. The fourth-order valence-electron chi connectivity index (χ4n) is 3.91. The topological polar surface area (TPSA) is 111 Å². The molecule has 0 atom stereocenters. The third-order valence-corrected chi connectivity index (χ3v) is 5.62. The molecule has 1 aromatic heterocycles. The molecule has 0 aliphatic heterocycles. The maximum absolute atomic E-state index is 13.1. The number of aryl methyl sites for hydroxylation is 1. The number of anilines is 1. The Balaban J connectivity index is 1.48. The van der Waals surface area contributed by atoms with E-state index >= 15 is 0 Å². The molecule has 2 amide bonds. The van der Waals surface area contributed by atoms with Crippen LogP contribution in [0.1, 0.15) is 40.3 Å². The highest BCUT2D eigenvalue weighted by molar-refractivity contribution is 6.09. The van der Waals surface area contributed by atoms with E-state index in [2.05, 4.69) is 15.8 Å². The van der Waals surface area contributed by atoms with Crippen LogP contribution in [-0.4, -0.2) is 38.4 Å². The minimum Gasteiger partial charge on any atom is -0.497 e. The zero-order valence-corrected chi connectivity index (χ0v) is 19.8. The number of fused-ring (bicyclic) bond motifs is 1. The molecule has 9 heteroatoms. The van der Waals surface area contributed by atoms with Gasteiger partial charge in [-0.15, -0.1) is 0 Å². The van der Waals surface area contributed by atoms with Gasteiger partial charge in [-0.25, -0.2) is 5.43 Å². The number of nitrogens with zero attached hydrogens (tertiary/aromatic N) is 1. The zero-order chi connectivity index (χ0) is 24.8. The van der Waals surface area contributed by atoms with Gasteiger partial charge in [0.25, 0.3) is 11.8 Å². The molecule has 0 saturated heterocycles. The molecule has 9 nitrogen and oxygen atoms in total. The van der Waals surface area contributed by atoms with E-state index in [1.807, 2.05) is 25.1 Å². The lowest BCUT2D eigenvalue weighted by atomic mass is 9.93. The van der Waals surface area contributed by atoms with E-state index in [1.54, 1.807) is 37.4 Å². The number of nitrogens with one attached hydrogen (secondary N) is 2. The Labute approximate surface area is 203 Å². The summed E-state index contributed by atoms with van der Waals surface area (Å²) in [5, 5.41) is 7.15. The number of carbonyl (C=O) groups excluding carboxylic acids is 2. The number of amides is 2. The first kappa shape index (κ1) is 23.9. The van der Waals surface area contributed by atoms with Crippen LogP contribution in [0.25, 0.3) is 0 Å². The van der Waals surface area contributed by atoms with Gasteiger partial charge in [-0.2, -0.15) is 5.10 Å². The smallest absolute Gasteiger partial charge is 0.291 e. The van der Waals surface area contributed by atoms with Crippen molar-refractivity contribution in [2.45, 2.75) is 26.2 Å². The third kappa shape index (κ3) is 5.46. The van der Waals surface area contributed by atoms with Gasteiger partial charge in [0.05, 0.1) is 25.6 Å². The molecule has 0 radical (unpaired) electrons. The lowest BCUT2D eigenvalue weighted by molar-refractivity contribution is -0.123. The molecule has 0 bridgehead atoms. The van der Waals surface area contributed by atoms with Gasteiger partial charge in [0.1, 0.15) is 23.0 Å². The number of hydrogen-bond donors (Lipinski definition) is 2. The molecule has 0 unspecified atom stereocenters. The van der Waals surface area contributed by atoms with E-state index in [-0.39, 0.29) is 18.3 Å². The van der Waals surface area contributed by atoms with E-state index in [1.165, 1.54) is 7.11 Å². The Morgan fingerprint density at radius 2 is 1.83 bits per heavy atom. The molecule has 3 aromatic rings. The van der Waals surface area contributed by atoms with Crippen LogP contribution in [0.2, 0.25) is 0 Å². The summed E-state index contributed by atoms with van der Waals surface area (Å²) in [4.78, 5) is 25.3. The number of benzene rings is 2. The molecule has 0 saturated carbocycles. The lowest BCUT2D eigenvalue weighted by Gasteiger charge is -2.13. The highest BCUT2D eigenvalue weighted by Crippen LogP contribution is 2.32. The number of ether oxygens (including phenoxy) is 3. The van der Waals surface area contributed by atoms with E-state index in [0.29, 0.717) is 52.8 Å². The highest BCUT2D eigenvalue weighted by Gasteiger charge is 2.28. The fraction of sp³-hybridized carbons (Fsp3) is 0.269. The quantitative estimate of drug-likeness (QED) is 0.473. The molecule has 2 N–H and O–H groups in total. The van der Waals surface area contributed by atoms with Crippen molar-refractivity contribution in [2.24, 2.45) is 5.10 Å². The highest BCUT2D eigenvalue weighted by atomic mass is 16.5. The summed E-state index contributed by atoms with van der Waals surface area (Å²) < 4.78 is 22.0. The van der Waals surface area contributed by atoms with Crippen molar-refractivity contribution in [1.29, 1.82) is 0 Å².